The Morgan fingerprint density at radius 2 is 1.80 bits per heavy atom. The summed E-state index contributed by atoms with van der Waals surface area (Å²) in [4.78, 5) is 48.8. The number of hydrogen-bond acceptors (Lipinski definition) is 7. The molecule has 0 fully saturated rings. The number of benzene rings is 3. The Kier molecular flexibility index (Phi) is 8.80. The van der Waals surface area contributed by atoms with Crippen LogP contribution in [0.25, 0.3) is 22.4 Å². The molecule has 2 aromatic heterocycles. The lowest BCUT2D eigenvalue weighted by Gasteiger charge is -2.23. The van der Waals surface area contributed by atoms with Crippen LogP contribution in [0.5, 0.6) is 0 Å². The molecular weight excluding hydrogens is 586 g/mol. The summed E-state index contributed by atoms with van der Waals surface area (Å²) in [6.45, 7) is 5.79. The van der Waals surface area contributed by atoms with Crippen LogP contribution < -0.4 is 5.32 Å². The van der Waals surface area contributed by atoms with Gasteiger partial charge in [-0.1, -0.05) is 67.1 Å². The van der Waals surface area contributed by atoms with Crippen molar-refractivity contribution in [3.8, 4) is 11.4 Å². The number of thiophene rings is 1. The lowest BCUT2D eigenvalue weighted by atomic mass is 9.83. The van der Waals surface area contributed by atoms with Crippen LogP contribution in [-0.4, -0.2) is 40.5 Å². The third-order valence-electron chi connectivity index (χ3n) is 8.21. The van der Waals surface area contributed by atoms with Gasteiger partial charge in [-0.25, -0.2) is 14.6 Å². The molecule has 1 aliphatic carbocycles. The van der Waals surface area contributed by atoms with E-state index in [1.807, 2.05) is 49.4 Å². The van der Waals surface area contributed by atoms with E-state index < -0.39 is 23.9 Å². The number of esters is 2. The molecule has 2 N–H and O–H groups in total. The van der Waals surface area contributed by atoms with Gasteiger partial charge in [-0.15, -0.1) is 11.3 Å². The number of fused-ring (bicyclic) bond motifs is 2. The molecule has 0 saturated heterocycles. The second-order valence-electron chi connectivity index (χ2n) is 11.3. The molecular formula is C36H35N3O5S. The fourth-order valence-electron chi connectivity index (χ4n) is 5.80. The number of imidazole rings is 1. The molecule has 2 unspecified atom stereocenters. The Balaban J connectivity index is 1.19. The molecule has 230 valence electrons. The molecule has 0 bridgehead atoms. The zero-order chi connectivity index (χ0) is 31.5. The Morgan fingerprint density at radius 1 is 1.02 bits per heavy atom. The monoisotopic (exact) mass is 621 g/mol. The van der Waals surface area contributed by atoms with Crippen LogP contribution in [0.2, 0.25) is 0 Å². The Hall–Kier alpha value is -4.76. The number of ether oxygens (including phenoxy) is 2. The molecule has 0 spiro atoms. The summed E-state index contributed by atoms with van der Waals surface area (Å²) in [5.41, 5.74) is 6.41. The Bertz CT molecular complexity index is 1860. The van der Waals surface area contributed by atoms with Crippen molar-refractivity contribution in [1.29, 1.82) is 0 Å². The van der Waals surface area contributed by atoms with Gasteiger partial charge < -0.3 is 19.8 Å². The minimum absolute atomic E-state index is 0.228. The zero-order valence-corrected chi connectivity index (χ0v) is 26.3. The van der Waals surface area contributed by atoms with Gasteiger partial charge in [-0.2, -0.15) is 0 Å². The first kappa shape index (κ1) is 30.3. The molecule has 8 nitrogen and oxygen atoms in total. The zero-order valence-electron chi connectivity index (χ0n) is 25.5. The highest BCUT2D eigenvalue weighted by Gasteiger charge is 2.32. The lowest BCUT2D eigenvalue weighted by molar-refractivity contribution is -0.124. The summed E-state index contributed by atoms with van der Waals surface area (Å²) in [6, 6.07) is 23.4. The highest BCUT2D eigenvalue weighted by Crippen LogP contribution is 2.43. The van der Waals surface area contributed by atoms with Crippen LogP contribution >= 0.6 is 11.3 Å². The molecule has 5 aromatic rings. The van der Waals surface area contributed by atoms with Crippen LogP contribution in [-0.2, 0) is 27.1 Å². The Morgan fingerprint density at radius 3 is 2.53 bits per heavy atom. The number of aryl methyl sites for hydroxylation is 1. The van der Waals surface area contributed by atoms with E-state index in [0.29, 0.717) is 39.8 Å². The second-order valence-corrected chi connectivity index (χ2v) is 12.4. The topological polar surface area (TPSA) is 110 Å². The highest BCUT2D eigenvalue weighted by molar-refractivity contribution is 7.17. The number of nitrogens with one attached hydrogen (secondary N) is 2. The Labute approximate surface area is 265 Å². The molecule has 1 aliphatic rings. The van der Waals surface area contributed by atoms with Gasteiger partial charge in [-0.3, -0.25) is 4.79 Å². The van der Waals surface area contributed by atoms with Crippen molar-refractivity contribution in [3.63, 3.8) is 0 Å². The number of aromatic nitrogens is 2. The molecule has 3 aromatic carbocycles. The van der Waals surface area contributed by atoms with Crippen molar-refractivity contribution in [2.75, 3.05) is 11.9 Å². The average Bonchev–Trinajstić information content (AvgIpc) is 3.64. The van der Waals surface area contributed by atoms with Gasteiger partial charge in [0, 0.05) is 10.4 Å². The van der Waals surface area contributed by atoms with Crippen molar-refractivity contribution in [2.24, 2.45) is 0 Å². The first-order chi connectivity index (χ1) is 21.8. The predicted octanol–water partition coefficient (Wildman–Crippen LogP) is 7.62. The number of rotatable bonds is 9. The second kappa shape index (κ2) is 13.1. The van der Waals surface area contributed by atoms with Crippen LogP contribution in [0.4, 0.5) is 5.00 Å². The van der Waals surface area contributed by atoms with Gasteiger partial charge in [0.2, 0.25) is 0 Å². The molecule has 0 saturated carbocycles. The van der Waals surface area contributed by atoms with Gasteiger partial charge in [0.1, 0.15) is 10.8 Å². The summed E-state index contributed by atoms with van der Waals surface area (Å²) in [5.74, 6) is -0.523. The number of amides is 1. The van der Waals surface area contributed by atoms with Crippen LogP contribution in [0, 0.1) is 6.92 Å². The normalized spacial score (nSPS) is 14.9. The van der Waals surface area contributed by atoms with E-state index in [9.17, 15) is 14.4 Å². The van der Waals surface area contributed by atoms with Gasteiger partial charge in [0.15, 0.2) is 6.10 Å². The van der Waals surface area contributed by atoms with E-state index >= 15 is 0 Å². The van der Waals surface area contributed by atoms with Crippen LogP contribution in [0.3, 0.4) is 0 Å². The summed E-state index contributed by atoms with van der Waals surface area (Å²) < 4.78 is 11.1. The summed E-state index contributed by atoms with van der Waals surface area (Å²) >= 11 is 1.40. The number of carbonyl (C=O) groups is 3. The van der Waals surface area contributed by atoms with E-state index in [-0.39, 0.29) is 13.0 Å². The van der Waals surface area contributed by atoms with E-state index in [1.165, 1.54) is 16.9 Å². The van der Waals surface area contributed by atoms with Gasteiger partial charge in [0.05, 0.1) is 28.8 Å². The maximum Gasteiger partial charge on any atom is 0.341 e. The van der Waals surface area contributed by atoms with Crippen LogP contribution in [0.1, 0.15) is 74.9 Å². The quantitative estimate of drug-likeness (QED) is 0.164. The van der Waals surface area contributed by atoms with Crippen molar-refractivity contribution in [3.05, 3.63) is 105 Å². The molecule has 0 radical (unpaired) electrons. The number of carbonyl (C=O) groups excluding carboxylic acids is 3. The van der Waals surface area contributed by atoms with E-state index in [1.54, 1.807) is 32.0 Å². The number of hydrogen-bond donors (Lipinski definition) is 2. The van der Waals surface area contributed by atoms with E-state index in [2.05, 4.69) is 27.4 Å². The lowest BCUT2D eigenvalue weighted by Crippen LogP contribution is -2.32. The smallest absolute Gasteiger partial charge is 0.341 e. The molecule has 9 heteroatoms. The predicted molar refractivity (Wildman–Crippen MR) is 176 cm³/mol. The van der Waals surface area contributed by atoms with E-state index in [0.717, 1.165) is 39.9 Å². The van der Waals surface area contributed by atoms with Crippen molar-refractivity contribution in [1.82, 2.24) is 9.97 Å². The maximum absolute atomic E-state index is 13.5. The van der Waals surface area contributed by atoms with Gasteiger partial charge in [-0.05, 0) is 74.8 Å². The highest BCUT2D eigenvalue weighted by atomic mass is 32.1. The number of anilines is 1. The molecule has 2 heterocycles. The molecule has 2 atom stereocenters. The molecule has 45 heavy (non-hydrogen) atoms. The van der Waals surface area contributed by atoms with Gasteiger partial charge >= 0.3 is 11.9 Å². The number of nitrogens with zero attached hydrogens (tertiary/aromatic N) is 1. The van der Waals surface area contributed by atoms with Crippen molar-refractivity contribution >= 4 is 45.2 Å². The summed E-state index contributed by atoms with van der Waals surface area (Å²) in [7, 11) is 0. The fourth-order valence-corrected chi connectivity index (χ4v) is 7.12. The van der Waals surface area contributed by atoms with Gasteiger partial charge in [0.25, 0.3) is 5.91 Å². The molecule has 6 rings (SSSR count). The number of aromatic amines is 1. The third-order valence-corrected chi connectivity index (χ3v) is 9.38. The minimum atomic E-state index is -1.05. The standard InChI is InChI=1S/C36H35N3O5S/c1-4-29(44-35(41)25-16-18-27-28(19-25)38-32(37-27)23-13-11-21(3)12-14-23)33(40)39-34-31(36(42)43-5-2)26-17-15-24(20-30(26)45-34)22-9-7-6-8-10-22/h6-14,16,18-19,24,29H,4-5,15,17,20H2,1-3H3,(H,37,38)(H,39,40). The first-order valence-corrected chi connectivity index (χ1v) is 16.1. The number of H-pyrrole nitrogens is 1. The first-order valence-electron chi connectivity index (χ1n) is 15.3. The summed E-state index contributed by atoms with van der Waals surface area (Å²) in [5, 5.41) is 3.35. The largest absolute Gasteiger partial charge is 0.462 e. The average molecular weight is 622 g/mol. The molecule has 1 amide bonds. The third kappa shape index (κ3) is 6.40. The van der Waals surface area contributed by atoms with E-state index in [4.69, 9.17) is 9.47 Å². The van der Waals surface area contributed by atoms with Crippen molar-refractivity contribution in [2.45, 2.75) is 58.5 Å². The van der Waals surface area contributed by atoms with Crippen LogP contribution in [0.15, 0.2) is 72.8 Å². The minimum Gasteiger partial charge on any atom is -0.462 e. The SMILES string of the molecule is CCOC(=O)c1c(NC(=O)C(CC)OC(=O)c2ccc3nc(-c4ccc(C)cc4)[nH]c3c2)sc2c1CCC(c1ccccc1)C2. The molecule has 0 aliphatic heterocycles. The maximum atomic E-state index is 13.5. The van der Waals surface area contributed by atoms with Crippen molar-refractivity contribution < 1.29 is 23.9 Å². The summed E-state index contributed by atoms with van der Waals surface area (Å²) in [6.07, 6.45) is 1.60. The fraction of sp³-hybridized carbons (Fsp3) is 0.278.